The summed E-state index contributed by atoms with van der Waals surface area (Å²) in [6.07, 6.45) is 8.91. The van der Waals surface area contributed by atoms with E-state index >= 15 is 0 Å². The van der Waals surface area contributed by atoms with Crippen LogP contribution in [-0.4, -0.2) is 24.9 Å². The Morgan fingerprint density at radius 2 is 1.78 bits per heavy atom. The lowest BCUT2D eigenvalue weighted by Crippen LogP contribution is -2.50. The van der Waals surface area contributed by atoms with Crippen molar-refractivity contribution in [2.24, 2.45) is 28.2 Å². The summed E-state index contributed by atoms with van der Waals surface area (Å²) in [5.74, 6) is 2.04. The highest BCUT2D eigenvalue weighted by molar-refractivity contribution is 6.09. The average Bonchev–Trinajstić information content (AvgIpc) is 3.02. The van der Waals surface area contributed by atoms with Gasteiger partial charge in [-0.25, -0.2) is 14.6 Å². The molecule has 0 atom stereocenters. The molecule has 6 rings (SSSR count). The molecular formula is C22H23NO4. The van der Waals surface area contributed by atoms with Crippen LogP contribution in [-0.2, 0) is 14.3 Å². The van der Waals surface area contributed by atoms with Crippen molar-refractivity contribution in [2.45, 2.75) is 38.5 Å². The number of benzene rings is 1. The first-order chi connectivity index (χ1) is 13.1. The number of carbonyl (C=O) groups is 2. The van der Waals surface area contributed by atoms with Gasteiger partial charge in [-0.05, 0) is 74.0 Å². The number of nitrogens with zero attached hydrogens (tertiary/aromatic N) is 1. The Morgan fingerprint density at radius 3 is 2.41 bits per heavy atom. The van der Waals surface area contributed by atoms with Gasteiger partial charge in [0.15, 0.2) is 5.70 Å². The van der Waals surface area contributed by atoms with Crippen LogP contribution < -0.4 is 0 Å². The second kappa shape index (κ2) is 6.04. The molecule has 0 radical (unpaired) electrons. The Labute approximate surface area is 158 Å². The highest BCUT2D eigenvalue weighted by atomic mass is 16.6. The molecule has 5 heteroatoms. The fourth-order valence-corrected chi connectivity index (χ4v) is 6.07. The van der Waals surface area contributed by atoms with Gasteiger partial charge in [-0.2, -0.15) is 0 Å². The largest absolute Gasteiger partial charge is 0.465 e. The SMILES string of the molecule is COC(=O)c1ccccc1/C=C1\N=C(C23CC4CC(CC(C4)C2)C3)OC1=O. The summed E-state index contributed by atoms with van der Waals surface area (Å²) < 4.78 is 10.5. The third-order valence-corrected chi connectivity index (χ3v) is 6.77. The fraction of sp³-hybridized carbons (Fsp3) is 0.500. The van der Waals surface area contributed by atoms with Gasteiger partial charge >= 0.3 is 11.9 Å². The maximum atomic E-state index is 12.5. The normalized spacial score (nSPS) is 35.3. The highest BCUT2D eigenvalue weighted by Crippen LogP contribution is 2.61. The van der Waals surface area contributed by atoms with Crippen LogP contribution in [0.3, 0.4) is 0 Å². The van der Waals surface area contributed by atoms with Gasteiger partial charge in [0.25, 0.3) is 0 Å². The molecule has 1 heterocycles. The third-order valence-electron chi connectivity index (χ3n) is 6.77. The Kier molecular flexibility index (Phi) is 3.74. The van der Waals surface area contributed by atoms with Gasteiger partial charge in [0, 0.05) is 5.41 Å². The average molecular weight is 365 g/mol. The van der Waals surface area contributed by atoms with Crippen molar-refractivity contribution in [1.82, 2.24) is 0 Å². The standard InChI is InChI=1S/C22H23NO4/c1-26-19(24)17-5-3-2-4-16(17)9-18-20(25)27-21(23-18)22-10-13-6-14(11-22)8-15(7-13)12-22/h2-5,9,13-15H,6-8,10-12H2,1H3/b18-9-. The summed E-state index contributed by atoms with van der Waals surface area (Å²) in [7, 11) is 1.35. The molecule has 0 spiro atoms. The molecule has 5 nitrogen and oxygen atoms in total. The van der Waals surface area contributed by atoms with Crippen molar-refractivity contribution in [3.8, 4) is 0 Å². The van der Waals surface area contributed by atoms with Crippen molar-refractivity contribution in [1.29, 1.82) is 0 Å². The molecule has 0 N–H and O–H groups in total. The van der Waals surface area contributed by atoms with Crippen LogP contribution >= 0.6 is 0 Å². The molecule has 4 bridgehead atoms. The summed E-state index contributed by atoms with van der Waals surface area (Å²) >= 11 is 0. The van der Waals surface area contributed by atoms with E-state index in [0.29, 0.717) is 17.0 Å². The number of hydrogen-bond donors (Lipinski definition) is 0. The van der Waals surface area contributed by atoms with Crippen LogP contribution in [0, 0.1) is 23.2 Å². The van der Waals surface area contributed by atoms with Gasteiger partial charge in [-0.1, -0.05) is 18.2 Å². The molecule has 0 saturated heterocycles. The number of ether oxygens (including phenoxy) is 2. The second-order valence-corrected chi connectivity index (χ2v) is 8.61. The molecule has 4 fully saturated rings. The zero-order valence-corrected chi connectivity index (χ0v) is 15.4. The molecule has 0 aromatic heterocycles. The summed E-state index contributed by atoms with van der Waals surface area (Å²) in [4.78, 5) is 29.1. The van der Waals surface area contributed by atoms with Gasteiger partial charge in [0.2, 0.25) is 5.90 Å². The fourth-order valence-electron chi connectivity index (χ4n) is 6.07. The summed E-state index contributed by atoms with van der Waals surface area (Å²) in [6, 6.07) is 7.06. The van der Waals surface area contributed by atoms with Gasteiger partial charge < -0.3 is 9.47 Å². The lowest BCUT2D eigenvalue weighted by molar-refractivity contribution is -0.131. The van der Waals surface area contributed by atoms with E-state index in [9.17, 15) is 9.59 Å². The monoisotopic (exact) mass is 365 g/mol. The van der Waals surface area contributed by atoms with Crippen LogP contribution in [0.25, 0.3) is 6.08 Å². The van der Waals surface area contributed by atoms with Gasteiger partial charge in [-0.3, -0.25) is 0 Å². The topological polar surface area (TPSA) is 65.0 Å². The summed E-state index contributed by atoms with van der Waals surface area (Å²) in [5, 5.41) is 0. The lowest BCUT2D eigenvalue weighted by atomic mass is 9.49. The van der Waals surface area contributed by atoms with E-state index in [0.717, 1.165) is 37.0 Å². The van der Waals surface area contributed by atoms with E-state index in [4.69, 9.17) is 9.47 Å². The van der Waals surface area contributed by atoms with Crippen molar-refractivity contribution >= 4 is 23.9 Å². The summed E-state index contributed by atoms with van der Waals surface area (Å²) in [6.45, 7) is 0. The van der Waals surface area contributed by atoms with Gasteiger partial charge in [0.1, 0.15) is 0 Å². The molecular weight excluding hydrogens is 342 g/mol. The zero-order chi connectivity index (χ0) is 18.6. The highest BCUT2D eigenvalue weighted by Gasteiger charge is 2.55. The number of hydrogen-bond acceptors (Lipinski definition) is 5. The Bertz CT molecular complexity index is 847. The van der Waals surface area contributed by atoms with Crippen LogP contribution in [0.15, 0.2) is 35.0 Å². The zero-order valence-electron chi connectivity index (χ0n) is 15.4. The van der Waals surface area contributed by atoms with E-state index in [1.807, 2.05) is 6.07 Å². The molecule has 0 unspecified atom stereocenters. The smallest absolute Gasteiger partial charge is 0.363 e. The molecule has 0 amide bonds. The Morgan fingerprint density at radius 1 is 1.15 bits per heavy atom. The first-order valence-electron chi connectivity index (χ1n) is 9.77. The maximum Gasteiger partial charge on any atom is 0.363 e. The van der Waals surface area contributed by atoms with Crippen molar-refractivity contribution in [3.05, 3.63) is 41.1 Å². The molecule has 4 aliphatic carbocycles. The second-order valence-electron chi connectivity index (χ2n) is 8.61. The van der Waals surface area contributed by atoms with Gasteiger partial charge in [-0.15, -0.1) is 0 Å². The summed E-state index contributed by atoms with van der Waals surface area (Å²) in [5.41, 5.74) is 1.25. The molecule has 1 aromatic rings. The number of aliphatic imine (C=N–C) groups is 1. The number of cyclic esters (lactones) is 1. The number of esters is 2. The van der Waals surface area contributed by atoms with Crippen LogP contribution in [0.1, 0.15) is 54.4 Å². The number of carbonyl (C=O) groups excluding carboxylic acids is 2. The molecule has 140 valence electrons. The molecule has 27 heavy (non-hydrogen) atoms. The predicted molar refractivity (Wildman–Crippen MR) is 99.9 cm³/mol. The Hall–Kier alpha value is -2.43. The number of rotatable bonds is 3. The molecule has 5 aliphatic rings. The van der Waals surface area contributed by atoms with Crippen molar-refractivity contribution in [2.75, 3.05) is 7.11 Å². The minimum Gasteiger partial charge on any atom is -0.465 e. The third kappa shape index (κ3) is 2.71. The lowest BCUT2D eigenvalue weighted by Gasteiger charge is -2.55. The van der Waals surface area contributed by atoms with E-state index in [2.05, 4.69) is 4.99 Å². The van der Waals surface area contributed by atoms with Crippen LogP contribution in [0.5, 0.6) is 0 Å². The minimum absolute atomic E-state index is 0.0537. The van der Waals surface area contributed by atoms with E-state index in [1.54, 1.807) is 24.3 Å². The first kappa shape index (κ1) is 16.7. The molecule has 1 aromatic carbocycles. The number of methoxy groups -OCH3 is 1. The minimum atomic E-state index is -0.431. The molecule has 1 aliphatic heterocycles. The quantitative estimate of drug-likeness (QED) is 0.600. The van der Waals surface area contributed by atoms with E-state index < -0.39 is 11.9 Å². The molecule has 4 saturated carbocycles. The van der Waals surface area contributed by atoms with Crippen LogP contribution in [0.2, 0.25) is 0 Å². The van der Waals surface area contributed by atoms with E-state index in [-0.39, 0.29) is 11.1 Å². The van der Waals surface area contributed by atoms with Crippen LogP contribution in [0.4, 0.5) is 0 Å². The maximum absolute atomic E-state index is 12.5. The van der Waals surface area contributed by atoms with E-state index in [1.165, 1.54) is 26.4 Å². The van der Waals surface area contributed by atoms with Crippen molar-refractivity contribution < 1.29 is 19.1 Å². The van der Waals surface area contributed by atoms with Crippen molar-refractivity contribution in [3.63, 3.8) is 0 Å². The first-order valence-corrected chi connectivity index (χ1v) is 9.77. The van der Waals surface area contributed by atoms with Gasteiger partial charge in [0.05, 0.1) is 12.7 Å². The predicted octanol–water partition coefficient (Wildman–Crippen LogP) is 3.99. The Balaban J connectivity index is 1.49.